The van der Waals surface area contributed by atoms with Gasteiger partial charge in [-0.05, 0) is 18.1 Å². The summed E-state index contributed by atoms with van der Waals surface area (Å²) in [5.41, 5.74) is -1.16. The van der Waals surface area contributed by atoms with Crippen molar-refractivity contribution in [1.29, 1.82) is 0 Å². The van der Waals surface area contributed by atoms with Gasteiger partial charge in [0, 0.05) is 32.4 Å². The van der Waals surface area contributed by atoms with E-state index in [1.807, 2.05) is 60.7 Å². The Hall–Kier alpha value is -2.74. The van der Waals surface area contributed by atoms with E-state index in [0.717, 1.165) is 11.1 Å². The zero-order valence-electron chi connectivity index (χ0n) is 18.5. The van der Waals surface area contributed by atoms with Crippen LogP contribution in [-0.4, -0.2) is 47.4 Å². The number of aliphatic hydroxyl groups is 1. The molecule has 0 aromatic heterocycles. The zero-order valence-corrected chi connectivity index (χ0v) is 18.5. The second kappa shape index (κ2) is 8.65. The Morgan fingerprint density at radius 3 is 2.12 bits per heavy atom. The van der Waals surface area contributed by atoms with Crippen molar-refractivity contribution in [1.82, 2.24) is 4.90 Å². The third-order valence-corrected chi connectivity index (χ3v) is 6.60. The highest BCUT2D eigenvalue weighted by Crippen LogP contribution is 2.56. The molecule has 2 atom stereocenters. The van der Waals surface area contributed by atoms with E-state index in [4.69, 9.17) is 14.5 Å². The van der Waals surface area contributed by atoms with Gasteiger partial charge in [0.2, 0.25) is 11.7 Å². The molecule has 7 nitrogen and oxygen atoms in total. The van der Waals surface area contributed by atoms with Crippen LogP contribution >= 0.6 is 0 Å². The molecule has 0 aliphatic carbocycles. The van der Waals surface area contributed by atoms with E-state index in [0.29, 0.717) is 6.42 Å². The summed E-state index contributed by atoms with van der Waals surface area (Å²) in [5, 5.41) is 11.6. The first-order valence-corrected chi connectivity index (χ1v) is 11.1. The molecule has 0 bridgehead atoms. The number of hydrogen-bond acceptors (Lipinski definition) is 6. The van der Waals surface area contributed by atoms with E-state index in [-0.39, 0.29) is 38.4 Å². The van der Waals surface area contributed by atoms with Crippen LogP contribution in [0.4, 0.5) is 0 Å². The second-order valence-corrected chi connectivity index (χ2v) is 8.41. The van der Waals surface area contributed by atoms with Gasteiger partial charge < -0.3 is 14.7 Å². The molecule has 2 aromatic carbocycles. The quantitative estimate of drug-likeness (QED) is 0.569. The van der Waals surface area contributed by atoms with Gasteiger partial charge in [-0.25, -0.2) is 4.89 Å². The number of fused-ring (bicyclic) bond motifs is 1. The number of likely N-dealkylation sites (tertiary alicyclic amines) is 1. The topological polar surface area (TPSA) is 85.3 Å². The van der Waals surface area contributed by atoms with E-state index >= 15 is 0 Å². The zero-order chi connectivity index (χ0) is 22.8. The first-order valence-electron chi connectivity index (χ1n) is 11.1. The van der Waals surface area contributed by atoms with Crippen LogP contribution in [0.25, 0.3) is 0 Å². The van der Waals surface area contributed by atoms with Crippen molar-refractivity contribution in [2.45, 2.75) is 44.5 Å². The summed E-state index contributed by atoms with van der Waals surface area (Å²) in [6.07, 6.45) is 0.394. The Bertz CT molecular complexity index is 925. The fraction of sp³-hybridized carbons (Fsp3) is 0.440. The van der Waals surface area contributed by atoms with Crippen LogP contribution in [0.5, 0.6) is 0 Å². The number of esters is 1. The summed E-state index contributed by atoms with van der Waals surface area (Å²) in [6.45, 7) is 3.88. The maximum atomic E-state index is 13.5. The number of rotatable bonds is 5. The third-order valence-electron chi connectivity index (χ3n) is 6.60. The predicted octanol–water partition coefficient (Wildman–Crippen LogP) is 3.16. The van der Waals surface area contributed by atoms with Crippen molar-refractivity contribution in [3.8, 4) is 0 Å². The van der Waals surface area contributed by atoms with E-state index in [1.54, 1.807) is 18.7 Å². The number of benzene rings is 2. The Kier molecular flexibility index (Phi) is 6.07. The van der Waals surface area contributed by atoms with Crippen molar-refractivity contribution < 1.29 is 29.2 Å². The molecule has 2 aromatic rings. The minimum Gasteiger partial charge on any atom is -0.465 e. The summed E-state index contributed by atoms with van der Waals surface area (Å²) >= 11 is 0. The lowest BCUT2D eigenvalue weighted by molar-refractivity contribution is -0.516. The molecular weight excluding hydrogens is 410 g/mol. The highest BCUT2D eigenvalue weighted by atomic mass is 17.2. The van der Waals surface area contributed by atoms with Gasteiger partial charge >= 0.3 is 5.97 Å². The summed E-state index contributed by atoms with van der Waals surface area (Å²) in [5.74, 6) is -2.61. The summed E-state index contributed by atoms with van der Waals surface area (Å²) in [7, 11) is 0. The molecular formula is C25H29NO6. The Morgan fingerprint density at radius 1 is 1.00 bits per heavy atom. The van der Waals surface area contributed by atoms with Crippen LogP contribution in [0.1, 0.15) is 44.2 Å². The van der Waals surface area contributed by atoms with Gasteiger partial charge in [-0.3, -0.25) is 9.59 Å². The van der Waals surface area contributed by atoms with Gasteiger partial charge in [0.1, 0.15) is 5.41 Å². The summed E-state index contributed by atoms with van der Waals surface area (Å²) in [4.78, 5) is 39.5. The Balaban J connectivity index is 1.89. The number of piperidine rings is 1. The lowest BCUT2D eigenvalue weighted by Gasteiger charge is -2.56. The van der Waals surface area contributed by atoms with Crippen LogP contribution < -0.4 is 0 Å². The average Bonchev–Trinajstić information content (AvgIpc) is 2.84. The number of hydrogen-bond donors (Lipinski definition) is 1. The van der Waals surface area contributed by atoms with Crippen LogP contribution in [0.3, 0.4) is 0 Å². The molecule has 7 heteroatoms. The molecule has 1 amide bonds. The number of amides is 1. The van der Waals surface area contributed by atoms with E-state index in [1.165, 1.54) is 0 Å². The minimum atomic E-state index is -1.92. The number of nitrogens with zero attached hydrogens (tertiary/aromatic N) is 1. The smallest absolute Gasteiger partial charge is 0.319 e. The molecule has 2 aliphatic heterocycles. The molecule has 4 rings (SSSR count). The van der Waals surface area contributed by atoms with E-state index < -0.39 is 22.8 Å². The molecule has 0 spiro atoms. The molecule has 0 saturated carbocycles. The number of carbonyl (C=O) groups is 2. The van der Waals surface area contributed by atoms with E-state index in [9.17, 15) is 14.7 Å². The third kappa shape index (κ3) is 3.50. The maximum Gasteiger partial charge on any atom is 0.319 e. The molecule has 2 unspecified atom stereocenters. The van der Waals surface area contributed by atoms with Crippen LogP contribution in [0.15, 0.2) is 60.7 Å². The largest absolute Gasteiger partial charge is 0.465 e. The molecule has 2 aliphatic rings. The van der Waals surface area contributed by atoms with Crippen molar-refractivity contribution in [3.63, 3.8) is 0 Å². The molecule has 1 N–H and O–H groups in total. The summed E-state index contributed by atoms with van der Waals surface area (Å²) < 4.78 is 5.46. The van der Waals surface area contributed by atoms with Crippen molar-refractivity contribution in [3.05, 3.63) is 71.8 Å². The monoisotopic (exact) mass is 439 g/mol. The average molecular weight is 440 g/mol. The molecule has 2 fully saturated rings. The highest BCUT2D eigenvalue weighted by molar-refractivity contribution is 5.82. The van der Waals surface area contributed by atoms with Crippen LogP contribution in [0.2, 0.25) is 0 Å². The van der Waals surface area contributed by atoms with Gasteiger partial charge in [0.15, 0.2) is 5.60 Å². The number of carbonyl (C=O) groups excluding carboxylic acids is 2. The van der Waals surface area contributed by atoms with Gasteiger partial charge in [-0.1, -0.05) is 67.6 Å². The standard InChI is InChI=1S/C25H29NO6/c1-3-21(27)26-16-15-25(29)23(18-26,22(28)30-4-2)17-24(31-32-25,19-11-7-5-8-12-19)20-13-9-6-10-14-20/h5-14,29H,3-4,15-18H2,1-2H3. The summed E-state index contributed by atoms with van der Waals surface area (Å²) in [6, 6.07) is 18.9. The van der Waals surface area contributed by atoms with Crippen LogP contribution in [-0.2, 0) is 29.7 Å². The van der Waals surface area contributed by atoms with Gasteiger partial charge in [-0.2, -0.15) is 4.89 Å². The highest BCUT2D eigenvalue weighted by Gasteiger charge is 2.69. The van der Waals surface area contributed by atoms with Gasteiger partial charge in [0.25, 0.3) is 0 Å². The Morgan fingerprint density at radius 2 is 1.59 bits per heavy atom. The SMILES string of the molecule is CCOC(=O)C12CN(C(=O)CC)CCC1(O)OOC(c1ccccc1)(c1ccccc1)C2. The fourth-order valence-corrected chi connectivity index (χ4v) is 4.85. The van der Waals surface area contributed by atoms with E-state index in [2.05, 4.69) is 0 Å². The Labute approximate surface area is 187 Å². The molecule has 0 radical (unpaired) electrons. The normalized spacial score (nSPS) is 26.8. The molecule has 170 valence electrons. The van der Waals surface area contributed by atoms with Crippen molar-refractivity contribution in [2.75, 3.05) is 19.7 Å². The maximum absolute atomic E-state index is 13.5. The fourth-order valence-electron chi connectivity index (χ4n) is 4.85. The van der Waals surface area contributed by atoms with Crippen molar-refractivity contribution >= 4 is 11.9 Å². The second-order valence-electron chi connectivity index (χ2n) is 8.41. The van der Waals surface area contributed by atoms with Crippen LogP contribution in [0, 0.1) is 5.41 Å². The first kappa shape index (κ1) is 22.5. The minimum absolute atomic E-state index is 0.0141. The first-order chi connectivity index (χ1) is 15.4. The molecule has 2 saturated heterocycles. The van der Waals surface area contributed by atoms with Gasteiger partial charge in [-0.15, -0.1) is 0 Å². The van der Waals surface area contributed by atoms with Crippen molar-refractivity contribution in [2.24, 2.45) is 5.41 Å². The molecule has 2 heterocycles. The molecule has 32 heavy (non-hydrogen) atoms. The lowest BCUT2D eigenvalue weighted by Crippen LogP contribution is -2.70. The number of ether oxygens (including phenoxy) is 1. The lowest BCUT2D eigenvalue weighted by atomic mass is 9.64. The predicted molar refractivity (Wildman–Crippen MR) is 116 cm³/mol. The van der Waals surface area contributed by atoms with Gasteiger partial charge in [0.05, 0.1) is 6.61 Å².